The minimum absolute atomic E-state index is 0.107. The number of phenolic OH excluding ortho intramolecular Hbond substituents is 2. The van der Waals surface area contributed by atoms with Gasteiger partial charge in [0.15, 0.2) is 0 Å². The SMILES string of the molecule is O=C(c1ccc(O)cc1O)N1CCCC(c2nc(-c3ccc(F)cc3)no2)C1. The van der Waals surface area contributed by atoms with Crippen LogP contribution in [-0.2, 0) is 0 Å². The standard InChI is InChI=1S/C20H18FN3O4/c21-14-5-3-12(4-6-14)18-22-19(28-23-18)13-2-1-9-24(11-13)20(27)16-8-7-15(25)10-17(16)26/h3-8,10,13,25-26H,1-2,9,11H2. The van der Waals surface area contributed by atoms with E-state index in [2.05, 4.69) is 10.1 Å². The van der Waals surface area contributed by atoms with E-state index < -0.39 is 0 Å². The van der Waals surface area contributed by atoms with E-state index in [4.69, 9.17) is 4.52 Å². The van der Waals surface area contributed by atoms with Crippen molar-refractivity contribution in [3.8, 4) is 22.9 Å². The lowest BCUT2D eigenvalue weighted by atomic mass is 9.97. The molecule has 1 amide bonds. The van der Waals surface area contributed by atoms with Gasteiger partial charge in [-0.15, -0.1) is 0 Å². The fourth-order valence-corrected chi connectivity index (χ4v) is 3.35. The van der Waals surface area contributed by atoms with Crippen molar-refractivity contribution in [3.63, 3.8) is 0 Å². The van der Waals surface area contributed by atoms with Crippen molar-refractivity contribution in [2.45, 2.75) is 18.8 Å². The lowest BCUT2D eigenvalue weighted by Crippen LogP contribution is -2.39. The minimum atomic E-state index is -0.341. The van der Waals surface area contributed by atoms with Crippen molar-refractivity contribution >= 4 is 5.91 Å². The Morgan fingerprint density at radius 3 is 2.71 bits per heavy atom. The van der Waals surface area contributed by atoms with Crippen LogP contribution in [0.5, 0.6) is 11.5 Å². The Morgan fingerprint density at radius 2 is 1.96 bits per heavy atom. The number of hydrogen-bond donors (Lipinski definition) is 2. The van der Waals surface area contributed by atoms with E-state index in [-0.39, 0.29) is 34.7 Å². The number of likely N-dealkylation sites (tertiary alicyclic amines) is 1. The third-order valence-electron chi connectivity index (χ3n) is 4.81. The number of carbonyl (C=O) groups excluding carboxylic acids is 1. The summed E-state index contributed by atoms with van der Waals surface area (Å²) in [6.45, 7) is 0.929. The lowest BCUT2D eigenvalue weighted by molar-refractivity contribution is 0.0692. The zero-order valence-electron chi connectivity index (χ0n) is 14.9. The number of aromatic hydroxyl groups is 2. The summed E-state index contributed by atoms with van der Waals surface area (Å²) in [5, 5.41) is 23.3. The molecule has 0 saturated carbocycles. The molecule has 144 valence electrons. The number of phenols is 2. The molecule has 4 rings (SSSR count). The second-order valence-electron chi connectivity index (χ2n) is 6.75. The second kappa shape index (κ2) is 7.30. The molecule has 0 radical (unpaired) electrons. The fourth-order valence-electron chi connectivity index (χ4n) is 3.35. The average molecular weight is 383 g/mol. The van der Waals surface area contributed by atoms with Crippen molar-refractivity contribution < 1.29 is 23.9 Å². The number of nitrogens with zero attached hydrogens (tertiary/aromatic N) is 3. The molecule has 3 aromatic rings. The fraction of sp³-hybridized carbons (Fsp3) is 0.250. The Morgan fingerprint density at radius 1 is 1.18 bits per heavy atom. The van der Waals surface area contributed by atoms with Gasteiger partial charge in [0.25, 0.3) is 5.91 Å². The maximum Gasteiger partial charge on any atom is 0.257 e. The first kappa shape index (κ1) is 18.0. The smallest absolute Gasteiger partial charge is 0.257 e. The Hall–Kier alpha value is -3.42. The summed E-state index contributed by atoms with van der Waals surface area (Å²) in [7, 11) is 0. The molecule has 28 heavy (non-hydrogen) atoms. The van der Waals surface area contributed by atoms with E-state index in [0.717, 1.165) is 18.9 Å². The molecular formula is C20H18FN3O4. The highest BCUT2D eigenvalue weighted by molar-refractivity contribution is 5.97. The summed E-state index contributed by atoms with van der Waals surface area (Å²) in [6, 6.07) is 9.72. The molecule has 2 aromatic carbocycles. The summed E-state index contributed by atoms with van der Waals surface area (Å²) in [5.41, 5.74) is 0.783. The molecule has 2 heterocycles. The van der Waals surface area contributed by atoms with Crippen LogP contribution in [0.2, 0.25) is 0 Å². The van der Waals surface area contributed by atoms with Crippen molar-refractivity contribution in [1.29, 1.82) is 0 Å². The molecule has 7 nitrogen and oxygen atoms in total. The molecule has 8 heteroatoms. The van der Waals surface area contributed by atoms with Crippen molar-refractivity contribution in [2.24, 2.45) is 0 Å². The molecule has 0 aliphatic carbocycles. The van der Waals surface area contributed by atoms with Crippen LogP contribution in [0.15, 0.2) is 47.0 Å². The summed E-state index contributed by atoms with van der Waals surface area (Å²) >= 11 is 0. The maximum absolute atomic E-state index is 13.1. The quantitative estimate of drug-likeness (QED) is 0.720. The first-order chi connectivity index (χ1) is 13.5. The summed E-state index contributed by atoms with van der Waals surface area (Å²) in [4.78, 5) is 18.8. The van der Waals surface area contributed by atoms with Crippen molar-refractivity contribution in [3.05, 3.63) is 59.7 Å². The van der Waals surface area contributed by atoms with Crippen LogP contribution in [0, 0.1) is 5.82 Å². The first-order valence-corrected chi connectivity index (χ1v) is 8.92. The number of halogens is 1. The molecule has 1 fully saturated rings. The topological polar surface area (TPSA) is 99.7 Å². The number of amides is 1. The zero-order chi connectivity index (χ0) is 19.7. The monoisotopic (exact) mass is 383 g/mol. The summed E-state index contributed by atoms with van der Waals surface area (Å²) < 4.78 is 18.5. The lowest BCUT2D eigenvalue weighted by Gasteiger charge is -2.31. The van der Waals surface area contributed by atoms with Gasteiger partial charge in [0, 0.05) is 24.7 Å². The molecule has 1 saturated heterocycles. The molecular weight excluding hydrogens is 365 g/mol. The zero-order valence-corrected chi connectivity index (χ0v) is 14.9. The Bertz CT molecular complexity index is 1000. The van der Waals surface area contributed by atoms with Crippen LogP contribution in [-0.4, -0.2) is 44.3 Å². The van der Waals surface area contributed by atoms with Gasteiger partial charge < -0.3 is 19.6 Å². The molecule has 1 aliphatic rings. The second-order valence-corrected chi connectivity index (χ2v) is 6.75. The van der Waals surface area contributed by atoms with E-state index >= 15 is 0 Å². The molecule has 0 spiro atoms. The van der Waals surface area contributed by atoms with Crippen LogP contribution in [0.25, 0.3) is 11.4 Å². The van der Waals surface area contributed by atoms with E-state index in [1.165, 1.54) is 24.3 Å². The van der Waals surface area contributed by atoms with E-state index in [1.807, 2.05) is 0 Å². The van der Waals surface area contributed by atoms with E-state index in [0.29, 0.717) is 30.4 Å². The molecule has 1 unspecified atom stereocenters. The van der Waals surface area contributed by atoms with Crippen LogP contribution < -0.4 is 0 Å². The van der Waals surface area contributed by atoms with Crippen LogP contribution in [0.3, 0.4) is 0 Å². The van der Waals surface area contributed by atoms with Gasteiger partial charge in [-0.3, -0.25) is 4.79 Å². The average Bonchev–Trinajstić information content (AvgIpc) is 3.18. The highest BCUT2D eigenvalue weighted by atomic mass is 19.1. The van der Waals surface area contributed by atoms with Gasteiger partial charge in [0.1, 0.15) is 17.3 Å². The highest BCUT2D eigenvalue weighted by Crippen LogP contribution is 2.30. The van der Waals surface area contributed by atoms with Gasteiger partial charge in [-0.1, -0.05) is 5.16 Å². The third-order valence-corrected chi connectivity index (χ3v) is 4.81. The van der Waals surface area contributed by atoms with Crippen molar-refractivity contribution in [2.75, 3.05) is 13.1 Å². The molecule has 1 aromatic heterocycles. The highest BCUT2D eigenvalue weighted by Gasteiger charge is 2.30. The van der Waals surface area contributed by atoms with Gasteiger partial charge in [0.2, 0.25) is 11.7 Å². The maximum atomic E-state index is 13.1. The van der Waals surface area contributed by atoms with Crippen LogP contribution >= 0.6 is 0 Å². The predicted molar refractivity (Wildman–Crippen MR) is 97.3 cm³/mol. The molecule has 2 N–H and O–H groups in total. The Kier molecular flexibility index (Phi) is 4.68. The van der Waals surface area contributed by atoms with Crippen molar-refractivity contribution in [1.82, 2.24) is 15.0 Å². The van der Waals surface area contributed by atoms with Gasteiger partial charge in [-0.05, 0) is 49.2 Å². The van der Waals surface area contributed by atoms with Crippen LogP contribution in [0.1, 0.15) is 35.0 Å². The predicted octanol–water partition coefficient (Wildman–Crippen LogP) is 3.31. The molecule has 0 bridgehead atoms. The van der Waals surface area contributed by atoms with Gasteiger partial charge in [0.05, 0.1) is 11.5 Å². The number of aromatic nitrogens is 2. The van der Waals surface area contributed by atoms with Crippen LogP contribution in [0.4, 0.5) is 4.39 Å². The first-order valence-electron chi connectivity index (χ1n) is 8.92. The van der Waals surface area contributed by atoms with Gasteiger partial charge >= 0.3 is 0 Å². The number of carbonyl (C=O) groups is 1. The largest absolute Gasteiger partial charge is 0.508 e. The summed E-state index contributed by atoms with van der Waals surface area (Å²) in [5.74, 6) is -0.361. The third kappa shape index (κ3) is 3.53. The number of piperidine rings is 1. The Labute approximate surface area is 160 Å². The molecule has 1 atom stereocenters. The normalized spacial score (nSPS) is 16.9. The number of rotatable bonds is 3. The minimum Gasteiger partial charge on any atom is -0.508 e. The van der Waals surface area contributed by atoms with Gasteiger partial charge in [-0.25, -0.2) is 4.39 Å². The molecule has 1 aliphatic heterocycles. The van der Waals surface area contributed by atoms with E-state index in [1.54, 1.807) is 17.0 Å². The van der Waals surface area contributed by atoms with Gasteiger partial charge in [-0.2, -0.15) is 4.98 Å². The Balaban J connectivity index is 1.51. The van der Waals surface area contributed by atoms with E-state index in [9.17, 15) is 19.4 Å². The number of hydrogen-bond acceptors (Lipinski definition) is 6. The number of benzene rings is 2. The summed E-state index contributed by atoms with van der Waals surface area (Å²) in [6.07, 6.45) is 1.54.